The van der Waals surface area contributed by atoms with E-state index in [1.165, 1.54) is 12.1 Å². The van der Waals surface area contributed by atoms with Crippen molar-refractivity contribution >= 4 is 5.91 Å². The van der Waals surface area contributed by atoms with Crippen LogP contribution in [0.1, 0.15) is 54.3 Å². The molecular weight excluding hydrogens is 405 g/mol. The van der Waals surface area contributed by atoms with Gasteiger partial charge in [0.15, 0.2) is 0 Å². The molecule has 4 rings (SSSR count). The molecule has 0 spiro atoms. The van der Waals surface area contributed by atoms with Gasteiger partial charge in [-0.25, -0.2) is 0 Å². The first-order valence-corrected chi connectivity index (χ1v) is 10.8. The number of carbonyl (C=O) groups is 1. The number of carbonyl (C=O) groups excluding carboxylic acids is 1. The van der Waals surface area contributed by atoms with Gasteiger partial charge in [0.2, 0.25) is 5.91 Å². The third-order valence-corrected chi connectivity index (χ3v) is 6.52. The SMILES string of the molecule is O=C(NCC(c1cccc(O)c1)N1CCCC1)C1CC(c2ccc(C(F)(F)F)cc2)C1. The Balaban J connectivity index is 1.32. The summed E-state index contributed by atoms with van der Waals surface area (Å²) in [6, 6.07) is 12.5. The molecule has 2 aromatic rings. The Morgan fingerprint density at radius 3 is 2.39 bits per heavy atom. The molecule has 0 aromatic heterocycles. The standard InChI is InChI=1S/C24H27F3N2O2/c25-24(26,27)20-8-6-16(7-9-20)18-12-19(13-18)23(31)28-15-22(29-10-1-2-11-29)17-4-3-5-21(30)14-17/h3-9,14,18-19,22,30H,1-2,10-13,15H2,(H,28,31). The van der Waals surface area contributed by atoms with Gasteiger partial charge in [0.1, 0.15) is 5.75 Å². The van der Waals surface area contributed by atoms with Crippen LogP contribution in [-0.4, -0.2) is 35.5 Å². The van der Waals surface area contributed by atoms with Crippen molar-refractivity contribution in [2.75, 3.05) is 19.6 Å². The first-order valence-electron chi connectivity index (χ1n) is 10.8. The van der Waals surface area contributed by atoms with E-state index in [4.69, 9.17) is 0 Å². The number of aromatic hydroxyl groups is 1. The summed E-state index contributed by atoms with van der Waals surface area (Å²) in [5.41, 5.74) is 1.19. The number of alkyl halides is 3. The summed E-state index contributed by atoms with van der Waals surface area (Å²) in [6.07, 6.45) is -0.779. The van der Waals surface area contributed by atoms with Crippen molar-refractivity contribution in [3.05, 3.63) is 65.2 Å². The Hall–Kier alpha value is -2.54. The Bertz CT molecular complexity index is 902. The monoisotopic (exact) mass is 432 g/mol. The lowest BCUT2D eigenvalue weighted by atomic mass is 9.71. The normalized spacial score (nSPS) is 22.7. The minimum atomic E-state index is -4.33. The molecule has 1 heterocycles. The van der Waals surface area contributed by atoms with Gasteiger partial charge in [0, 0.05) is 12.5 Å². The van der Waals surface area contributed by atoms with E-state index >= 15 is 0 Å². The van der Waals surface area contributed by atoms with Gasteiger partial charge in [-0.3, -0.25) is 9.69 Å². The molecule has 1 atom stereocenters. The second-order valence-corrected chi connectivity index (χ2v) is 8.58. The molecule has 2 aromatic carbocycles. The average molecular weight is 432 g/mol. The van der Waals surface area contributed by atoms with Crippen LogP contribution >= 0.6 is 0 Å². The van der Waals surface area contributed by atoms with E-state index in [9.17, 15) is 23.1 Å². The zero-order valence-corrected chi connectivity index (χ0v) is 17.2. The lowest BCUT2D eigenvalue weighted by Crippen LogP contribution is -2.42. The molecule has 166 valence electrons. The van der Waals surface area contributed by atoms with Crippen molar-refractivity contribution in [2.24, 2.45) is 5.92 Å². The fraction of sp³-hybridized carbons (Fsp3) is 0.458. The first kappa shape index (κ1) is 21.7. The molecule has 2 N–H and O–H groups in total. The van der Waals surface area contributed by atoms with Crippen molar-refractivity contribution in [3.8, 4) is 5.75 Å². The van der Waals surface area contributed by atoms with Crippen molar-refractivity contribution in [1.29, 1.82) is 0 Å². The number of halogens is 3. The zero-order valence-electron chi connectivity index (χ0n) is 17.2. The molecule has 1 unspecified atom stereocenters. The third kappa shape index (κ3) is 5.03. The van der Waals surface area contributed by atoms with Crippen LogP contribution in [0.5, 0.6) is 5.75 Å². The maximum absolute atomic E-state index is 12.7. The van der Waals surface area contributed by atoms with Gasteiger partial charge in [-0.1, -0.05) is 24.3 Å². The largest absolute Gasteiger partial charge is 0.508 e. The van der Waals surface area contributed by atoms with Gasteiger partial charge in [-0.05, 0) is 80.1 Å². The van der Waals surface area contributed by atoms with Gasteiger partial charge < -0.3 is 10.4 Å². The van der Waals surface area contributed by atoms with Gasteiger partial charge in [0.25, 0.3) is 0 Å². The van der Waals surface area contributed by atoms with Crippen molar-refractivity contribution < 1.29 is 23.1 Å². The highest BCUT2D eigenvalue weighted by atomic mass is 19.4. The number of rotatable bonds is 6. The number of hydrogen-bond acceptors (Lipinski definition) is 3. The summed E-state index contributed by atoms with van der Waals surface area (Å²) < 4.78 is 38.2. The molecule has 4 nitrogen and oxygen atoms in total. The summed E-state index contributed by atoms with van der Waals surface area (Å²) in [5, 5.41) is 12.9. The maximum atomic E-state index is 12.7. The summed E-state index contributed by atoms with van der Waals surface area (Å²) in [7, 11) is 0. The van der Waals surface area contributed by atoms with Crippen LogP contribution in [0.15, 0.2) is 48.5 Å². The number of nitrogens with zero attached hydrogens (tertiary/aromatic N) is 1. The fourth-order valence-electron chi connectivity index (χ4n) is 4.63. The van der Waals surface area contributed by atoms with Crippen LogP contribution in [-0.2, 0) is 11.0 Å². The molecule has 1 saturated carbocycles. The number of phenolic OH excluding ortho intramolecular Hbond substituents is 1. The van der Waals surface area contributed by atoms with Gasteiger partial charge in [-0.2, -0.15) is 13.2 Å². The van der Waals surface area contributed by atoms with Crippen molar-refractivity contribution in [3.63, 3.8) is 0 Å². The molecule has 1 aliphatic carbocycles. The Labute approximate surface area is 180 Å². The van der Waals surface area contributed by atoms with E-state index in [1.54, 1.807) is 12.1 Å². The Morgan fingerprint density at radius 2 is 1.77 bits per heavy atom. The van der Waals surface area contributed by atoms with E-state index in [-0.39, 0.29) is 29.5 Å². The maximum Gasteiger partial charge on any atom is 0.416 e. The number of amides is 1. The fourth-order valence-corrected chi connectivity index (χ4v) is 4.63. The molecule has 2 fully saturated rings. The molecule has 0 radical (unpaired) electrons. The number of likely N-dealkylation sites (tertiary alicyclic amines) is 1. The zero-order chi connectivity index (χ0) is 22.0. The third-order valence-electron chi connectivity index (χ3n) is 6.52. The van der Waals surface area contributed by atoms with Crippen LogP contribution in [0.25, 0.3) is 0 Å². The lowest BCUT2D eigenvalue weighted by molar-refractivity contribution is -0.137. The van der Waals surface area contributed by atoms with E-state index < -0.39 is 11.7 Å². The number of nitrogens with one attached hydrogen (secondary N) is 1. The molecule has 31 heavy (non-hydrogen) atoms. The predicted octanol–water partition coefficient (Wildman–Crippen LogP) is 4.86. The van der Waals surface area contributed by atoms with Crippen LogP contribution in [0.3, 0.4) is 0 Å². The van der Waals surface area contributed by atoms with Crippen LogP contribution in [0, 0.1) is 5.92 Å². The second kappa shape index (κ2) is 8.91. The van der Waals surface area contributed by atoms with E-state index in [2.05, 4.69) is 10.2 Å². The highest BCUT2D eigenvalue weighted by Gasteiger charge is 2.37. The molecule has 1 amide bonds. The van der Waals surface area contributed by atoms with Crippen molar-refractivity contribution in [1.82, 2.24) is 10.2 Å². The minimum Gasteiger partial charge on any atom is -0.508 e. The quantitative estimate of drug-likeness (QED) is 0.686. The molecule has 1 saturated heterocycles. The highest BCUT2D eigenvalue weighted by molar-refractivity contribution is 5.80. The molecule has 1 aliphatic heterocycles. The smallest absolute Gasteiger partial charge is 0.416 e. The molecule has 2 aliphatic rings. The highest BCUT2D eigenvalue weighted by Crippen LogP contribution is 2.42. The van der Waals surface area contributed by atoms with Gasteiger partial charge in [0.05, 0.1) is 11.6 Å². The number of benzene rings is 2. The summed E-state index contributed by atoms with van der Waals surface area (Å²) in [6.45, 7) is 2.41. The number of phenols is 1. The predicted molar refractivity (Wildman–Crippen MR) is 112 cm³/mol. The van der Waals surface area contributed by atoms with E-state index in [0.717, 1.165) is 49.2 Å². The molecule has 7 heteroatoms. The van der Waals surface area contributed by atoms with Crippen LogP contribution in [0.4, 0.5) is 13.2 Å². The second-order valence-electron chi connectivity index (χ2n) is 8.58. The first-order chi connectivity index (χ1) is 14.8. The average Bonchev–Trinajstić information content (AvgIpc) is 3.21. The van der Waals surface area contributed by atoms with Crippen LogP contribution < -0.4 is 5.32 Å². The topological polar surface area (TPSA) is 52.6 Å². The summed E-state index contributed by atoms with van der Waals surface area (Å²) in [5.74, 6) is 0.216. The van der Waals surface area contributed by atoms with Crippen molar-refractivity contribution in [2.45, 2.75) is 43.8 Å². The summed E-state index contributed by atoms with van der Waals surface area (Å²) in [4.78, 5) is 15.0. The lowest BCUT2D eigenvalue weighted by Gasteiger charge is -2.35. The summed E-state index contributed by atoms with van der Waals surface area (Å²) >= 11 is 0. The van der Waals surface area contributed by atoms with Crippen LogP contribution in [0.2, 0.25) is 0 Å². The van der Waals surface area contributed by atoms with E-state index in [0.29, 0.717) is 19.4 Å². The Morgan fingerprint density at radius 1 is 1.10 bits per heavy atom. The molecule has 0 bridgehead atoms. The molecular formula is C24H27F3N2O2. The van der Waals surface area contributed by atoms with Gasteiger partial charge >= 0.3 is 6.18 Å². The number of hydrogen-bond donors (Lipinski definition) is 2. The minimum absolute atomic E-state index is 0.00693. The van der Waals surface area contributed by atoms with Gasteiger partial charge in [-0.15, -0.1) is 0 Å². The van der Waals surface area contributed by atoms with E-state index in [1.807, 2.05) is 12.1 Å². The Kier molecular flexibility index (Phi) is 6.23.